The molecule has 5 aromatic rings. The molecule has 7 nitrogen and oxygen atoms in total. The fourth-order valence-electron chi connectivity index (χ4n) is 4.63. The van der Waals surface area contributed by atoms with Crippen molar-refractivity contribution < 1.29 is 9.59 Å². The Bertz CT molecular complexity index is 1550. The van der Waals surface area contributed by atoms with Crippen molar-refractivity contribution in [2.45, 2.75) is 12.6 Å². The van der Waals surface area contributed by atoms with Crippen molar-refractivity contribution in [2.24, 2.45) is 0 Å². The number of aromatic amines is 1. The van der Waals surface area contributed by atoms with E-state index in [0.717, 1.165) is 33.2 Å². The maximum absolute atomic E-state index is 13.6. The lowest BCUT2D eigenvalue weighted by Crippen LogP contribution is -2.37. The number of fused-ring (bicyclic) bond motifs is 2. The van der Waals surface area contributed by atoms with Crippen LogP contribution in [0.25, 0.3) is 22.0 Å². The van der Waals surface area contributed by atoms with Gasteiger partial charge >= 0.3 is 0 Å². The van der Waals surface area contributed by atoms with Crippen LogP contribution in [-0.2, 0) is 11.3 Å². The average molecular weight is 460 g/mol. The van der Waals surface area contributed by atoms with Gasteiger partial charge in [-0.15, -0.1) is 0 Å². The van der Waals surface area contributed by atoms with E-state index in [1.54, 1.807) is 4.90 Å². The van der Waals surface area contributed by atoms with E-state index in [1.165, 1.54) is 18.7 Å². The lowest BCUT2D eigenvalue weighted by atomic mass is 9.99. The summed E-state index contributed by atoms with van der Waals surface area (Å²) in [5.41, 5.74) is 5.80. The Morgan fingerprint density at radius 1 is 0.943 bits per heavy atom. The number of hydrogen-bond acceptors (Lipinski definition) is 4. The summed E-state index contributed by atoms with van der Waals surface area (Å²) in [6.07, 6.45) is 6.37. The Kier molecular flexibility index (Phi) is 5.07. The third-order valence-electron chi connectivity index (χ3n) is 6.33. The van der Waals surface area contributed by atoms with Gasteiger partial charge in [-0.05, 0) is 51.9 Å². The van der Waals surface area contributed by atoms with Gasteiger partial charge < -0.3 is 15.2 Å². The van der Waals surface area contributed by atoms with Crippen LogP contribution < -0.4 is 5.32 Å². The third-order valence-corrected chi connectivity index (χ3v) is 6.33. The standard InChI is InChI=1S/C28H21N5O2/c34-27(32-23-14-29-17-30-15-23)26(18-4-2-1-3-5-18)33-16-22-7-6-20(13-24(22)28(33)35)19-8-9-25-21(12-19)10-11-31-25/h1-15,17,26,31H,16H2,(H,32,34)/t26-/m1/s1. The topological polar surface area (TPSA) is 91.0 Å². The molecule has 0 saturated heterocycles. The quantitative estimate of drug-likeness (QED) is 0.389. The molecule has 6 rings (SSSR count). The van der Waals surface area contributed by atoms with Crippen LogP contribution in [0.5, 0.6) is 0 Å². The molecule has 170 valence electrons. The molecule has 0 fully saturated rings. The third kappa shape index (κ3) is 3.83. The number of anilines is 1. The van der Waals surface area contributed by atoms with E-state index in [2.05, 4.69) is 26.3 Å². The minimum absolute atomic E-state index is 0.169. The summed E-state index contributed by atoms with van der Waals surface area (Å²) in [7, 11) is 0. The summed E-state index contributed by atoms with van der Waals surface area (Å²) >= 11 is 0. The SMILES string of the molecule is O=C(Nc1cncnc1)[C@@H](c1ccccc1)N1Cc2ccc(-c3ccc4[nH]ccc4c3)cc2C1=O. The number of benzene rings is 3. The molecule has 7 heteroatoms. The summed E-state index contributed by atoms with van der Waals surface area (Å²) in [6.45, 7) is 0.351. The first kappa shape index (κ1) is 20.8. The summed E-state index contributed by atoms with van der Waals surface area (Å²) in [5.74, 6) is -0.483. The predicted molar refractivity (Wildman–Crippen MR) is 133 cm³/mol. The van der Waals surface area contributed by atoms with Gasteiger partial charge in [-0.3, -0.25) is 9.59 Å². The minimum atomic E-state index is -0.795. The molecule has 2 N–H and O–H groups in total. The highest BCUT2D eigenvalue weighted by Crippen LogP contribution is 2.35. The summed E-state index contributed by atoms with van der Waals surface area (Å²) in [5, 5.41) is 3.97. The average Bonchev–Trinajstić information content (AvgIpc) is 3.49. The maximum Gasteiger partial charge on any atom is 0.255 e. The lowest BCUT2D eigenvalue weighted by molar-refractivity contribution is -0.120. The summed E-state index contributed by atoms with van der Waals surface area (Å²) in [6, 6.07) is 22.7. The van der Waals surface area contributed by atoms with E-state index >= 15 is 0 Å². The first-order valence-electron chi connectivity index (χ1n) is 11.3. The zero-order valence-corrected chi connectivity index (χ0v) is 18.7. The van der Waals surface area contributed by atoms with Crippen molar-refractivity contribution >= 4 is 28.4 Å². The Morgan fingerprint density at radius 3 is 2.54 bits per heavy atom. The van der Waals surface area contributed by atoms with Crippen LogP contribution in [-0.4, -0.2) is 31.7 Å². The fourth-order valence-corrected chi connectivity index (χ4v) is 4.63. The second-order valence-electron chi connectivity index (χ2n) is 8.51. The minimum Gasteiger partial charge on any atom is -0.361 e. The molecule has 1 aliphatic rings. The van der Waals surface area contributed by atoms with E-state index in [4.69, 9.17) is 0 Å². The Labute approximate surface area is 201 Å². The molecule has 1 aliphatic heterocycles. The number of carbonyl (C=O) groups is 2. The van der Waals surface area contributed by atoms with Gasteiger partial charge in [0, 0.05) is 23.8 Å². The van der Waals surface area contributed by atoms with Gasteiger partial charge in [0.2, 0.25) is 0 Å². The number of amides is 2. The molecule has 0 saturated carbocycles. The predicted octanol–water partition coefficient (Wildman–Crippen LogP) is 4.96. The molecular weight excluding hydrogens is 438 g/mol. The second kappa shape index (κ2) is 8.53. The monoisotopic (exact) mass is 459 g/mol. The molecule has 2 aromatic heterocycles. The number of nitrogens with zero attached hydrogens (tertiary/aromatic N) is 3. The molecule has 0 aliphatic carbocycles. The van der Waals surface area contributed by atoms with Crippen LogP contribution in [0.1, 0.15) is 27.5 Å². The summed E-state index contributed by atoms with van der Waals surface area (Å²) in [4.78, 5) is 39.8. The molecule has 0 unspecified atom stereocenters. The van der Waals surface area contributed by atoms with Crippen molar-refractivity contribution in [1.29, 1.82) is 0 Å². The van der Waals surface area contributed by atoms with Crippen LogP contribution in [0.4, 0.5) is 5.69 Å². The molecule has 1 atom stereocenters. The number of rotatable bonds is 5. The van der Waals surface area contributed by atoms with E-state index in [9.17, 15) is 9.59 Å². The molecule has 2 amide bonds. The van der Waals surface area contributed by atoms with Crippen molar-refractivity contribution in [2.75, 3.05) is 5.32 Å². The van der Waals surface area contributed by atoms with Gasteiger partial charge in [0.05, 0.1) is 18.1 Å². The van der Waals surface area contributed by atoms with Gasteiger partial charge in [-0.1, -0.05) is 48.5 Å². The molecule has 35 heavy (non-hydrogen) atoms. The smallest absolute Gasteiger partial charge is 0.255 e. The van der Waals surface area contributed by atoms with Gasteiger partial charge in [0.1, 0.15) is 12.4 Å². The molecule has 0 radical (unpaired) electrons. The van der Waals surface area contributed by atoms with Gasteiger partial charge in [0.15, 0.2) is 0 Å². The lowest BCUT2D eigenvalue weighted by Gasteiger charge is -2.27. The van der Waals surface area contributed by atoms with Crippen LogP contribution in [0, 0.1) is 0 Å². The Morgan fingerprint density at radius 2 is 1.71 bits per heavy atom. The highest BCUT2D eigenvalue weighted by molar-refractivity contribution is 6.04. The number of carbonyl (C=O) groups excluding carboxylic acids is 2. The number of aromatic nitrogens is 3. The zero-order valence-electron chi connectivity index (χ0n) is 18.7. The molecule has 0 bridgehead atoms. The van der Waals surface area contributed by atoms with Crippen LogP contribution in [0.15, 0.2) is 97.7 Å². The zero-order chi connectivity index (χ0) is 23.8. The second-order valence-corrected chi connectivity index (χ2v) is 8.51. The number of hydrogen-bond donors (Lipinski definition) is 2. The summed E-state index contributed by atoms with van der Waals surface area (Å²) < 4.78 is 0. The van der Waals surface area contributed by atoms with E-state index < -0.39 is 6.04 Å². The maximum atomic E-state index is 13.6. The normalized spacial score (nSPS) is 13.6. The van der Waals surface area contributed by atoms with E-state index in [1.807, 2.05) is 72.9 Å². The van der Waals surface area contributed by atoms with E-state index in [0.29, 0.717) is 17.8 Å². The Balaban J connectivity index is 1.34. The Hall–Kier alpha value is -4.78. The van der Waals surface area contributed by atoms with Crippen LogP contribution in [0.2, 0.25) is 0 Å². The highest BCUT2D eigenvalue weighted by atomic mass is 16.2. The number of nitrogens with one attached hydrogen (secondary N) is 2. The van der Waals surface area contributed by atoms with Gasteiger partial charge in [-0.25, -0.2) is 9.97 Å². The van der Waals surface area contributed by atoms with Gasteiger partial charge in [-0.2, -0.15) is 0 Å². The molecular formula is C28H21N5O2. The van der Waals surface area contributed by atoms with Crippen molar-refractivity contribution in [3.8, 4) is 11.1 Å². The van der Waals surface area contributed by atoms with Crippen molar-refractivity contribution in [1.82, 2.24) is 19.9 Å². The number of H-pyrrole nitrogens is 1. The highest BCUT2D eigenvalue weighted by Gasteiger charge is 2.37. The van der Waals surface area contributed by atoms with E-state index in [-0.39, 0.29) is 11.8 Å². The van der Waals surface area contributed by atoms with Crippen LogP contribution in [0.3, 0.4) is 0 Å². The van der Waals surface area contributed by atoms with Crippen molar-refractivity contribution in [3.05, 3.63) is 114 Å². The largest absolute Gasteiger partial charge is 0.361 e. The fraction of sp³-hybridized carbons (Fsp3) is 0.0714. The molecule has 3 aromatic carbocycles. The molecule has 3 heterocycles. The van der Waals surface area contributed by atoms with Crippen LogP contribution >= 0.6 is 0 Å². The molecule has 0 spiro atoms. The van der Waals surface area contributed by atoms with Crippen molar-refractivity contribution in [3.63, 3.8) is 0 Å². The first-order valence-corrected chi connectivity index (χ1v) is 11.3. The van der Waals surface area contributed by atoms with Gasteiger partial charge in [0.25, 0.3) is 11.8 Å². The first-order chi connectivity index (χ1) is 17.2.